The summed E-state index contributed by atoms with van der Waals surface area (Å²) in [5.41, 5.74) is 7.29. The molecule has 1 aromatic carbocycles. The maximum Gasteiger partial charge on any atom is 0.241 e. The van der Waals surface area contributed by atoms with Gasteiger partial charge in [-0.3, -0.25) is 4.79 Å². The Bertz CT molecular complexity index is 637. The van der Waals surface area contributed by atoms with Crippen molar-refractivity contribution in [1.82, 2.24) is 4.98 Å². The van der Waals surface area contributed by atoms with Crippen LogP contribution in [-0.2, 0) is 4.79 Å². The van der Waals surface area contributed by atoms with E-state index in [4.69, 9.17) is 10.5 Å². The van der Waals surface area contributed by atoms with Gasteiger partial charge in [-0.05, 0) is 36.6 Å². The highest BCUT2D eigenvalue weighted by molar-refractivity contribution is 5.94. The Labute approximate surface area is 130 Å². The molecule has 22 heavy (non-hydrogen) atoms. The fourth-order valence-corrected chi connectivity index (χ4v) is 1.83. The molecule has 1 atom stereocenters. The van der Waals surface area contributed by atoms with Gasteiger partial charge in [0.25, 0.3) is 0 Å². The first-order valence-electron chi connectivity index (χ1n) is 7.26. The summed E-state index contributed by atoms with van der Waals surface area (Å²) in [6.07, 6.45) is 1.54. The predicted molar refractivity (Wildman–Crippen MR) is 87.1 cm³/mol. The van der Waals surface area contributed by atoms with E-state index >= 15 is 0 Å². The van der Waals surface area contributed by atoms with Crippen LogP contribution in [0.15, 0.2) is 42.6 Å². The van der Waals surface area contributed by atoms with Crippen molar-refractivity contribution in [2.24, 2.45) is 5.73 Å². The summed E-state index contributed by atoms with van der Waals surface area (Å²) in [6, 6.07) is 10.8. The van der Waals surface area contributed by atoms with Crippen molar-refractivity contribution in [2.75, 3.05) is 5.32 Å². The Kier molecular flexibility index (Phi) is 5.12. The molecule has 0 spiro atoms. The van der Waals surface area contributed by atoms with E-state index in [1.54, 1.807) is 25.3 Å². The number of hydrogen-bond acceptors (Lipinski definition) is 4. The lowest BCUT2D eigenvalue weighted by atomic mass is 10.0. The lowest BCUT2D eigenvalue weighted by Crippen LogP contribution is -2.32. The van der Waals surface area contributed by atoms with E-state index < -0.39 is 6.04 Å². The van der Waals surface area contributed by atoms with Crippen LogP contribution in [-0.4, -0.2) is 16.9 Å². The van der Waals surface area contributed by atoms with Crippen molar-refractivity contribution in [3.8, 4) is 11.6 Å². The van der Waals surface area contributed by atoms with Gasteiger partial charge in [-0.25, -0.2) is 4.98 Å². The van der Waals surface area contributed by atoms with Crippen LogP contribution in [0.2, 0.25) is 0 Å². The number of rotatable bonds is 5. The van der Waals surface area contributed by atoms with Crippen LogP contribution in [0.5, 0.6) is 11.6 Å². The first-order chi connectivity index (χ1) is 10.5. The molecule has 2 aromatic rings. The Morgan fingerprint density at radius 2 is 2.00 bits per heavy atom. The normalized spacial score (nSPS) is 12.0. The third-order valence-corrected chi connectivity index (χ3v) is 3.16. The third-order valence-electron chi connectivity index (χ3n) is 3.16. The van der Waals surface area contributed by atoms with Crippen LogP contribution in [0.1, 0.15) is 32.3 Å². The number of nitrogens with zero attached hydrogens (tertiary/aromatic N) is 1. The van der Waals surface area contributed by atoms with E-state index in [9.17, 15) is 4.79 Å². The Balaban J connectivity index is 2.05. The molecule has 5 heteroatoms. The molecule has 3 N–H and O–H groups in total. The second-order valence-corrected chi connectivity index (χ2v) is 5.49. The second kappa shape index (κ2) is 7.04. The predicted octanol–water partition coefficient (Wildman–Crippen LogP) is 3.28. The van der Waals surface area contributed by atoms with Gasteiger partial charge in [-0.15, -0.1) is 0 Å². The smallest absolute Gasteiger partial charge is 0.241 e. The number of nitrogens with two attached hydrogens (primary N) is 1. The van der Waals surface area contributed by atoms with Crippen LogP contribution >= 0.6 is 0 Å². The van der Waals surface area contributed by atoms with E-state index in [0.717, 1.165) is 5.75 Å². The summed E-state index contributed by atoms with van der Waals surface area (Å²) in [6.45, 7) is 5.89. The average Bonchev–Trinajstić information content (AvgIpc) is 2.49. The van der Waals surface area contributed by atoms with Crippen molar-refractivity contribution in [1.29, 1.82) is 0 Å². The highest BCUT2D eigenvalue weighted by atomic mass is 16.5. The molecule has 2 rings (SSSR count). The van der Waals surface area contributed by atoms with Crippen molar-refractivity contribution < 1.29 is 9.53 Å². The number of pyridine rings is 1. The minimum Gasteiger partial charge on any atom is -0.439 e. The number of nitrogens with one attached hydrogen (secondary N) is 1. The van der Waals surface area contributed by atoms with Gasteiger partial charge < -0.3 is 15.8 Å². The number of carbonyl (C=O) groups excluding carboxylic acids is 1. The molecule has 1 heterocycles. The van der Waals surface area contributed by atoms with Crippen LogP contribution in [0, 0.1) is 0 Å². The second-order valence-electron chi connectivity index (χ2n) is 5.49. The fraction of sp³-hybridized carbons (Fsp3) is 0.294. The average molecular weight is 299 g/mol. The maximum atomic E-state index is 11.5. The molecule has 1 unspecified atom stereocenters. The van der Waals surface area contributed by atoms with Gasteiger partial charge >= 0.3 is 0 Å². The van der Waals surface area contributed by atoms with E-state index in [-0.39, 0.29) is 5.91 Å². The number of anilines is 1. The largest absolute Gasteiger partial charge is 0.439 e. The Hall–Kier alpha value is -2.40. The molecular weight excluding hydrogens is 278 g/mol. The summed E-state index contributed by atoms with van der Waals surface area (Å²) in [5.74, 6) is 1.40. The highest BCUT2D eigenvalue weighted by Gasteiger charge is 2.08. The minimum atomic E-state index is -0.560. The van der Waals surface area contributed by atoms with Gasteiger partial charge in [0.2, 0.25) is 11.8 Å². The number of ether oxygens (including phenoxy) is 1. The zero-order valence-corrected chi connectivity index (χ0v) is 13.0. The van der Waals surface area contributed by atoms with Crippen molar-refractivity contribution in [3.05, 3.63) is 48.2 Å². The Morgan fingerprint density at radius 3 is 2.59 bits per heavy atom. The number of amides is 1. The zero-order chi connectivity index (χ0) is 16.1. The van der Waals surface area contributed by atoms with E-state index in [2.05, 4.69) is 30.2 Å². The lowest BCUT2D eigenvalue weighted by Gasteiger charge is -2.10. The molecule has 1 amide bonds. The molecule has 0 bridgehead atoms. The first kappa shape index (κ1) is 16.0. The number of carbonyl (C=O) groups is 1. The zero-order valence-electron chi connectivity index (χ0n) is 13.0. The van der Waals surface area contributed by atoms with Crippen molar-refractivity contribution in [2.45, 2.75) is 32.7 Å². The van der Waals surface area contributed by atoms with Gasteiger partial charge in [0.15, 0.2) is 0 Å². The summed E-state index contributed by atoms with van der Waals surface area (Å²) < 4.78 is 5.73. The third kappa shape index (κ3) is 4.30. The molecule has 0 aliphatic rings. The number of hydrogen-bond donors (Lipinski definition) is 2. The van der Waals surface area contributed by atoms with Crippen LogP contribution < -0.4 is 15.8 Å². The number of aromatic nitrogens is 1. The van der Waals surface area contributed by atoms with Crippen LogP contribution in [0.4, 0.5) is 5.69 Å². The SMILES string of the molecule is CC(N)C(=O)Nc1ccc(Oc2cccc(C(C)C)c2)nc1. The van der Waals surface area contributed by atoms with Gasteiger partial charge in [0.05, 0.1) is 17.9 Å². The van der Waals surface area contributed by atoms with Gasteiger partial charge in [0.1, 0.15) is 5.75 Å². The van der Waals surface area contributed by atoms with Crippen LogP contribution in [0.3, 0.4) is 0 Å². The summed E-state index contributed by atoms with van der Waals surface area (Å²) >= 11 is 0. The Morgan fingerprint density at radius 1 is 1.23 bits per heavy atom. The minimum absolute atomic E-state index is 0.250. The first-order valence-corrected chi connectivity index (χ1v) is 7.26. The molecule has 0 saturated heterocycles. The molecule has 0 saturated carbocycles. The molecule has 0 aliphatic carbocycles. The molecule has 1 aromatic heterocycles. The van der Waals surface area contributed by atoms with E-state index in [1.807, 2.05) is 18.2 Å². The molecular formula is C17H21N3O2. The molecule has 0 aliphatic heterocycles. The monoisotopic (exact) mass is 299 g/mol. The molecule has 5 nitrogen and oxygen atoms in total. The summed E-state index contributed by atoms with van der Waals surface area (Å²) in [7, 11) is 0. The number of benzene rings is 1. The summed E-state index contributed by atoms with van der Waals surface area (Å²) in [5, 5.41) is 2.67. The summed E-state index contributed by atoms with van der Waals surface area (Å²) in [4.78, 5) is 15.7. The standard InChI is InChI=1S/C17H21N3O2/c1-11(2)13-5-4-6-15(9-13)22-16-8-7-14(10-19-16)20-17(21)12(3)18/h4-12H,18H2,1-3H3,(H,20,21). The quantitative estimate of drug-likeness (QED) is 0.888. The van der Waals surface area contributed by atoms with Gasteiger partial charge in [-0.2, -0.15) is 0 Å². The maximum absolute atomic E-state index is 11.5. The van der Waals surface area contributed by atoms with Crippen molar-refractivity contribution in [3.63, 3.8) is 0 Å². The lowest BCUT2D eigenvalue weighted by molar-refractivity contribution is -0.117. The van der Waals surface area contributed by atoms with Gasteiger partial charge in [-0.1, -0.05) is 26.0 Å². The van der Waals surface area contributed by atoms with Gasteiger partial charge in [0, 0.05) is 6.07 Å². The van der Waals surface area contributed by atoms with Crippen LogP contribution in [0.25, 0.3) is 0 Å². The fourth-order valence-electron chi connectivity index (χ4n) is 1.83. The molecule has 116 valence electrons. The molecule has 0 fully saturated rings. The van der Waals surface area contributed by atoms with E-state index in [0.29, 0.717) is 17.5 Å². The van der Waals surface area contributed by atoms with Crippen molar-refractivity contribution >= 4 is 11.6 Å². The topological polar surface area (TPSA) is 77.2 Å². The van der Waals surface area contributed by atoms with E-state index in [1.165, 1.54) is 5.56 Å². The highest BCUT2D eigenvalue weighted by Crippen LogP contribution is 2.24. The molecule has 0 radical (unpaired) electrons.